The second-order valence-corrected chi connectivity index (χ2v) is 3.04. The maximum Gasteiger partial charge on any atom is 0.333 e. The van der Waals surface area contributed by atoms with Gasteiger partial charge < -0.3 is 9.64 Å². The van der Waals surface area contributed by atoms with Crippen LogP contribution in [0.15, 0.2) is 24.8 Å². The van der Waals surface area contributed by atoms with Crippen molar-refractivity contribution in [1.82, 2.24) is 4.90 Å². The molecular weight excluding hydrogens is 194 g/mol. The first-order chi connectivity index (χ1) is 7.02. The van der Waals surface area contributed by atoms with Crippen LogP contribution in [0.3, 0.4) is 0 Å². The van der Waals surface area contributed by atoms with Crippen molar-refractivity contribution in [2.45, 2.75) is 13.8 Å². The molecule has 0 spiro atoms. The molecule has 0 unspecified atom stereocenters. The van der Waals surface area contributed by atoms with Gasteiger partial charge in [-0.2, -0.15) is 0 Å². The van der Waals surface area contributed by atoms with Crippen LogP contribution < -0.4 is 0 Å². The third kappa shape index (κ3) is 5.00. The monoisotopic (exact) mass is 211 g/mol. The molecule has 4 nitrogen and oxygen atoms in total. The first-order valence-electron chi connectivity index (χ1n) is 4.76. The minimum absolute atomic E-state index is 0.163. The van der Waals surface area contributed by atoms with E-state index in [0.717, 1.165) is 0 Å². The number of nitrogens with zero attached hydrogens (tertiary/aromatic N) is 1. The minimum atomic E-state index is -0.433. The lowest BCUT2D eigenvalue weighted by Gasteiger charge is -2.18. The number of esters is 1. The van der Waals surface area contributed by atoms with Crippen molar-refractivity contribution >= 4 is 11.9 Å². The lowest BCUT2D eigenvalue weighted by atomic mass is 10.4. The maximum atomic E-state index is 11.2. The van der Waals surface area contributed by atoms with Gasteiger partial charge in [0, 0.05) is 12.1 Å². The zero-order valence-corrected chi connectivity index (χ0v) is 9.28. The summed E-state index contributed by atoms with van der Waals surface area (Å²) in [4.78, 5) is 23.7. The summed E-state index contributed by atoms with van der Waals surface area (Å²) in [6, 6.07) is 0. The lowest BCUT2D eigenvalue weighted by molar-refractivity contribution is -0.140. The molecule has 0 radical (unpaired) electrons. The largest absolute Gasteiger partial charge is 0.460 e. The third-order valence-corrected chi connectivity index (χ3v) is 1.81. The van der Waals surface area contributed by atoms with Crippen LogP contribution in [0.25, 0.3) is 0 Å². The number of ether oxygens (including phenoxy) is 1. The second kappa shape index (κ2) is 6.81. The van der Waals surface area contributed by atoms with E-state index >= 15 is 0 Å². The van der Waals surface area contributed by atoms with E-state index in [1.54, 1.807) is 11.8 Å². The molecule has 0 aromatic heterocycles. The van der Waals surface area contributed by atoms with Crippen LogP contribution in [0.1, 0.15) is 13.8 Å². The molecule has 0 aromatic rings. The Kier molecular flexibility index (Phi) is 6.09. The average molecular weight is 211 g/mol. The van der Waals surface area contributed by atoms with Crippen LogP contribution in [-0.2, 0) is 14.3 Å². The van der Waals surface area contributed by atoms with Crippen molar-refractivity contribution in [2.75, 3.05) is 19.7 Å². The molecule has 0 bridgehead atoms. The molecule has 0 heterocycles. The molecule has 0 aromatic carbocycles. The Morgan fingerprint density at radius 2 is 2.07 bits per heavy atom. The molecule has 15 heavy (non-hydrogen) atoms. The van der Waals surface area contributed by atoms with Crippen molar-refractivity contribution in [3.63, 3.8) is 0 Å². The van der Waals surface area contributed by atoms with E-state index in [2.05, 4.69) is 13.2 Å². The summed E-state index contributed by atoms with van der Waals surface area (Å²) in [6.07, 6.45) is 1.24. The standard InChI is InChI=1S/C11H17NO3/c1-5-10(13)12(6-2)7-8-15-11(14)9(3)4/h5H,1,3,6-8H2,2,4H3. The highest BCUT2D eigenvalue weighted by atomic mass is 16.5. The van der Waals surface area contributed by atoms with Gasteiger partial charge in [0.05, 0.1) is 6.54 Å². The van der Waals surface area contributed by atoms with Crippen LogP contribution in [-0.4, -0.2) is 36.5 Å². The van der Waals surface area contributed by atoms with Crippen LogP contribution in [0.2, 0.25) is 0 Å². The molecular formula is C11H17NO3. The van der Waals surface area contributed by atoms with E-state index in [4.69, 9.17) is 4.74 Å². The zero-order chi connectivity index (χ0) is 11.8. The minimum Gasteiger partial charge on any atom is -0.460 e. The summed E-state index contributed by atoms with van der Waals surface area (Å²) >= 11 is 0. The predicted octanol–water partition coefficient (Wildman–Crippen LogP) is 1.14. The summed E-state index contributed by atoms with van der Waals surface area (Å²) in [5, 5.41) is 0. The first kappa shape index (κ1) is 13.4. The van der Waals surface area contributed by atoms with Crippen molar-refractivity contribution < 1.29 is 14.3 Å². The molecule has 0 aliphatic heterocycles. The van der Waals surface area contributed by atoms with E-state index in [1.807, 2.05) is 6.92 Å². The first-order valence-corrected chi connectivity index (χ1v) is 4.76. The molecule has 0 rings (SSSR count). The van der Waals surface area contributed by atoms with Crippen LogP contribution in [0, 0.1) is 0 Å². The van der Waals surface area contributed by atoms with Crippen molar-refractivity contribution in [1.29, 1.82) is 0 Å². The van der Waals surface area contributed by atoms with Gasteiger partial charge in [0.25, 0.3) is 0 Å². The van der Waals surface area contributed by atoms with Gasteiger partial charge in [-0.05, 0) is 19.9 Å². The molecule has 0 aliphatic carbocycles. The zero-order valence-electron chi connectivity index (χ0n) is 9.28. The van der Waals surface area contributed by atoms with Gasteiger partial charge in [-0.25, -0.2) is 4.79 Å². The summed E-state index contributed by atoms with van der Waals surface area (Å²) < 4.78 is 4.86. The molecule has 0 fully saturated rings. The van der Waals surface area contributed by atoms with E-state index in [0.29, 0.717) is 18.7 Å². The Labute approximate surface area is 90.2 Å². The molecule has 0 aliphatic rings. The van der Waals surface area contributed by atoms with E-state index < -0.39 is 5.97 Å². The highest BCUT2D eigenvalue weighted by Crippen LogP contribution is 1.94. The Balaban J connectivity index is 3.92. The Hall–Kier alpha value is -1.58. The van der Waals surface area contributed by atoms with Crippen molar-refractivity contribution in [3.8, 4) is 0 Å². The average Bonchev–Trinajstić information content (AvgIpc) is 2.22. The molecule has 0 atom stereocenters. The van der Waals surface area contributed by atoms with Gasteiger partial charge >= 0.3 is 5.97 Å². The number of hydrogen-bond donors (Lipinski definition) is 0. The summed E-state index contributed by atoms with van der Waals surface area (Å²) in [5.74, 6) is -0.596. The van der Waals surface area contributed by atoms with Gasteiger partial charge in [-0.15, -0.1) is 0 Å². The predicted molar refractivity (Wildman–Crippen MR) is 58.2 cm³/mol. The lowest BCUT2D eigenvalue weighted by Crippen LogP contribution is -2.32. The maximum absolute atomic E-state index is 11.2. The highest BCUT2D eigenvalue weighted by Gasteiger charge is 2.09. The number of hydrogen-bond acceptors (Lipinski definition) is 3. The topological polar surface area (TPSA) is 46.6 Å². The highest BCUT2D eigenvalue weighted by molar-refractivity contribution is 5.87. The number of likely N-dealkylation sites (N-methyl/N-ethyl adjacent to an activating group) is 1. The number of rotatable bonds is 6. The molecule has 1 amide bonds. The molecule has 0 N–H and O–H groups in total. The fraction of sp³-hybridized carbons (Fsp3) is 0.455. The Morgan fingerprint density at radius 1 is 1.47 bits per heavy atom. The summed E-state index contributed by atoms with van der Waals surface area (Å²) in [7, 11) is 0. The fourth-order valence-electron chi connectivity index (χ4n) is 0.925. The molecule has 84 valence electrons. The van der Waals surface area contributed by atoms with Crippen molar-refractivity contribution in [3.05, 3.63) is 24.8 Å². The van der Waals surface area contributed by atoms with E-state index in [-0.39, 0.29) is 12.5 Å². The SMILES string of the molecule is C=CC(=O)N(CC)CCOC(=O)C(=C)C. The molecule has 4 heteroatoms. The van der Waals surface area contributed by atoms with Crippen LogP contribution in [0.4, 0.5) is 0 Å². The third-order valence-electron chi connectivity index (χ3n) is 1.81. The van der Waals surface area contributed by atoms with Crippen molar-refractivity contribution in [2.24, 2.45) is 0 Å². The van der Waals surface area contributed by atoms with Gasteiger partial charge in [0.2, 0.25) is 5.91 Å². The smallest absolute Gasteiger partial charge is 0.333 e. The Bertz CT molecular complexity index is 271. The number of amides is 1. The van der Waals surface area contributed by atoms with Gasteiger partial charge in [0.15, 0.2) is 0 Å². The van der Waals surface area contributed by atoms with Crippen LogP contribution in [0.5, 0.6) is 0 Å². The number of carbonyl (C=O) groups excluding carboxylic acids is 2. The van der Waals surface area contributed by atoms with Gasteiger partial charge in [0.1, 0.15) is 6.61 Å². The van der Waals surface area contributed by atoms with Crippen LogP contribution >= 0.6 is 0 Å². The second-order valence-electron chi connectivity index (χ2n) is 3.04. The summed E-state index contributed by atoms with van der Waals surface area (Å²) in [6.45, 7) is 11.4. The number of carbonyl (C=O) groups is 2. The van der Waals surface area contributed by atoms with Gasteiger partial charge in [-0.3, -0.25) is 4.79 Å². The van der Waals surface area contributed by atoms with E-state index in [1.165, 1.54) is 6.08 Å². The Morgan fingerprint density at radius 3 is 2.47 bits per heavy atom. The van der Waals surface area contributed by atoms with E-state index in [9.17, 15) is 9.59 Å². The van der Waals surface area contributed by atoms with Gasteiger partial charge in [-0.1, -0.05) is 13.2 Å². The molecule has 0 saturated carbocycles. The normalized spacial score (nSPS) is 9.20. The summed E-state index contributed by atoms with van der Waals surface area (Å²) in [5.41, 5.74) is 0.355. The quantitative estimate of drug-likeness (QED) is 0.489. The molecule has 0 saturated heterocycles. The fourth-order valence-corrected chi connectivity index (χ4v) is 0.925.